The molecule has 0 spiro atoms. The van der Waals surface area contributed by atoms with Gasteiger partial charge in [-0.05, 0) is 41.7 Å². The van der Waals surface area contributed by atoms with Gasteiger partial charge >= 0.3 is 5.97 Å². The summed E-state index contributed by atoms with van der Waals surface area (Å²) in [6, 6.07) is 8.87. The molecule has 8 nitrogen and oxygen atoms in total. The van der Waals surface area contributed by atoms with Gasteiger partial charge in [0, 0.05) is 48.1 Å². The monoisotopic (exact) mass is 461 g/mol. The van der Waals surface area contributed by atoms with Crippen LogP contribution >= 0.6 is 0 Å². The summed E-state index contributed by atoms with van der Waals surface area (Å²) in [5.74, 6) is -0.367. The number of amides is 1. The molecule has 1 aliphatic rings. The van der Waals surface area contributed by atoms with Gasteiger partial charge in [0.25, 0.3) is 0 Å². The number of methoxy groups -OCH3 is 1. The summed E-state index contributed by atoms with van der Waals surface area (Å²) in [5, 5.41) is 12.2. The lowest BCUT2D eigenvalue weighted by molar-refractivity contribution is -0.114. The SMILES string of the molecule is COc1cc2c(cc1-c1ccc(NC(C)=O)nc1)CC(C(C)(C)C)n1cc(C(=O)O)c(=O)cc1-2. The van der Waals surface area contributed by atoms with E-state index < -0.39 is 11.4 Å². The lowest BCUT2D eigenvalue weighted by Gasteiger charge is -2.39. The van der Waals surface area contributed by atoms with Crippen molar-refractivity contribution in [2.45, 2.75) is 40.2 Å². The van der Waals surface area contributed by atoms with E-state index in [9.17, 15) is 19.5 Å². The van der Waals surface area contributed by atoms with E-state index in [1.165, 1.54) is 19.2 Å². The van der Waals surface area contributed by atoms with Crippen molar-refractivity contribution in [2.75, 3.05) is 12.4 Å². The minimum Gasteiger partial charge on any atom is -0.496 e. The van der Waals surface area contributed by atoms with Crippen LogP contribution in [0.3, 0.4) is 0 Å². The molecule has 0 saturated heterocycles. The highest BCUT2D eigenvalue weighted by Crippen LogP contribution is 2.45. The minimum atomic E-state index is -1.23. The summed E-state index contributed by atoms with van der Waals surface area (Å²) in [7, 11) is 1.58. The minimum absolute atomic E-state index is 0.0600. The number of rotatable bonds is 4. The lowest BCUT2D eigenvalue weighted by Crippen LogP contribution is -2.32. The van der Waals surface area contributed by atoms with Crippen molar-refractivity contribution >= 4 is 17.7 Å². The van der Waals surface area contributed by atoms with Crippen molar-refractivity contribution < 1.29 is 19.4 Å². The van der Waals surface area contributed by atoms with Gasteiger partial charge < -0.3 is 19.7 Å². The first-order valence-corrected chi connectivity index (χ1v) is 10.9. The second-order valence-electron chi connectivity index (χ2n) is 9.56. The number of benzene rings is 1. The number of carbonyl (C=O) groups excluding carboxylic acids is 1. The van der Waals surface area contributed by atoms with E-state index in [4.69, 9.17) is 4.74 Å². The van der Waals surface area contributed by atoms with Crippen LogP contribution in [-0.4, -0.2) is 33.6 Å². The standard InChI is InChI=1S/C26H27N3O5/c1-14(30)28-24-7-6-15(12-27-24)18-8-16-9-23(26(2,3)4)29-13-19(25(32)33)21(31)11-20(29)17(16)10-22(18)34-5/h6-8,10-13,23H,9H2,1-5H3,(H,32,33)(H,27,28,30). The summed E-state index contributed by atoms with van der Waals surface area (Å²) in [6.45, 7) is 7.72. The molecule has 1 aromatic carbocycles. The van der Waals surface area contributed by atoms with Crippen LogP contribution in [0.2, 0.25) is 0 Å². The van der Waals surface area contributed by atoms with E-state index in [1.54, 1.807) is 19.4 Å². The molecule has 3 heterocycles. The third-order valence-corrected chi connectivity index (χ3v) is 6.14. The van der Waals surface area contributed by atoms with Gasteiger partial charge in [-0.25, -0.2) is 9.78 Å². The second kappa shape index (κ2) is 8.44. The van der Waals surface area contributed by atoms with Crippen LogP contribution in [0, 0.1) is 5.41 Å². The average Bonchev–Trinajstić information content (AvgIpc) is 2.76. The Balaban J connectivity index is 1.90. The Hall–Kier alpha value is -3.94. The summed E-state index contributed by atoms with van der Waals surface area (Å²) >= 11 is 0. The number of hydrogen-bond donors (Lipinski definition) is 2. The van der Waals surface area contributed by atoms with E-state index in [0.717, 1.165) is 22.3 Å². The first-order chi connectivity index (χ1) is 16.0. The van der Waals surface area contributed by atoms with Crippen molar-refractivity contribution in [3.63, 3.8) is 0 Å². The third kappa shape index (κ3) is 4.19. The van der Waals surface area contributed by atoms with E-state index in [-0.39, 0.29) is 22.9 Å². The molecular formula is C26H27N3O5. The van der Waals surface area contributed by atoms with Gasteiger partial charge in [-0.2, -0.15) is 0 Å². The number of fused-ring (bicyclic) bond motifs is 3. The molecule has 2 aromatic heterocycles. The largest absolute Gasteiger partial charge is 0.496 e. The molecule has 1 unspecified atom stereocenters. The molecule has 0 aliphatic carbocycles. The number of anilines is 1. The van der Waals surface area contributed by atoms with Crippen LogP contribution < -0.4 is 15.5 Å². The first kappa shape index (κ1) is 23.2. The number of nitrogens with one attached hydrogen (secondary N) is 1. The van der Waals surface area contributed by atoms with E-state index >= 15 is 0 Å². The molecule has 1 atom stereocenters. The summed E-state index contributed by atoms with van der Waals surface area (Å²) < 4.78 is 7.60. The number of aromatic nitrogens is 2. The number of aromatic carboxylic acids is 1. The number of ether oxygens (including phenoxy) is 1. The highest BCUT2D eigenvalue weighted by Gasteiger charge is 2.34. The molecule has 176 valence electrons. The van der Waals surface area contributed by atoms with Crippen LogP contribution in [0.5, 0.6) is 5.75 Å². The maximum Gasteiger partial charge on any atom is 0.341 e. The first-order valence-electron chi connectivity index (χ1n) is 10.9. The van der Waals surface area contributed by atoms with Crippen LogP contribution in [0.15, 0.2) is 47.5 Å². The van der Waals surface area contributed by atoms with Crippen LogP contribution in [0.1, 0.15) is 49.7 Å². The molecule has 4 rings (SSSR count). The van der Waals surface area contributed by atoms with Gasteiger partial charge in [0.15, 0.2) is 5.43 Å². The van der Waals surface area contributed by atoms with Gasteiger partial charge in [0.2, 0.25) is 5.91 Å². The Labute approximate surface area is 197 Å². The van der Waals surface area contributed by atoms with Gasteiger partial charge in [-0.3, -0.25) is 9.59 Å². The number of nitrogens with zero attached hydrogens (tertiary/aromatic N) is 2. The predicted octanol–water partition coefficient (Wildman–Crippen LogP) is 4.39. The molecule has 1 amide bonds. The molecule has 0 bridgehead atoms. The summed E-state index contributed by atoms with van der Waals surface area (Å²) in [6.07, 6.45) is 3.79. The van der Waals surface area contributed by atoms with Gasteiger partial charge in [0.1, 0.15) is 17.1 Å². The van der Waals surface area contributed by atoms with Crippen LogP contribution in [-0.2, 0) is 11.2 Å². The number of carboxylic acid groups (broad SMARTS) is 1. The zero-order valence-corrected chi connectivity index (χ0v) is 19.8. The predicted molar refractivity (Wildman–Crippen MR) is 129 cm³/mol. The Morgan fingerprint density at radius 3 is 2.47 bits per heavy atom. The Kier molecular flexibility index (Phi) is 5.77. The van der Waals surface area contributed by atoms with E-state index in [2.05, 4.69) is 31.1 Å². The molecular weight excluding hydrogens is 434 g/mol. The fourth-order valence-electron chi connectivity index (χ4n) is 4.45. The molecule has 34 heavy (non-hydrogen) atoms. The number of hydrogen-bond acceptors (Lipinski definition) is 5. The maximum absolute atomic E-state index is 12.6. The van der Waals surface area contributed by atoms with Crippen LogP contribution in [0.4, 0.5) is 5.82 Å². The van der Waals surface area contributed by atoms with E-state index in [0.29, 0.717) is 23.7 Å². The smallest absolute Gasteiger partial charge is 0.341 e. The number of carboxylic acids is 1. The highest BCUT2D eigenvalue weighted by molar-refractivity contribution is 5.89. The normalized spacial score (nSPS) is 14.7. The summed E-state index contributed by atoms with van der Waals surface area (Å²) in [4.78, 5) is 39.8. The van der Waals surface area contributed by atoms with Crippen molar-refractivity contribution in [2.24, 2.45) is 5.41 Å². The van der Waals surface area contributed by atoms with Gasteiger partial charge in [0.05, 0.1) is 12.8 Å². The molecule has 2 N–H and O–H groups in total. The van der Waals surface area contributed by atoms with Gasteiger partial charge in [-0.15, -0.1) is 0 Å². The molecule has 8 heteroatoms. The van der Waals surface area contributed by atoms with Crippen molar-refractivity contribution in [3.8, 4) is 28.1 Å². The second-order valence-corrected chi connectivity index (χ2v) is 9.56. The Bertz CT molecular complexity index is 1350. The molecule has 1 aliphatic heterocycles. The average molecular weight is 462 g/mol. The summed E-state index contributed by atoms with van der Waals surface area (Å²) in [5.41, 5.74) is 3.23. The zero-order valence-electron chi connectivity index (χ0n) is 19.8. The van der Waals surface area contributed by atoms with Crippen molar-refractivity contribution in [1.82, 2.24) is 9.55 Å². The fraction of sp³-hybridized carbons (Fsp3) is 0.308. The molecule has 0 saturated carbocycles. The van der Waals surface area contributed by atoms with Crippen LogP contribution in [0.25, 0.3) is 22.4 Å². The molecule has 0 radical (unpaired) electrons. The molecule has 0 fully saturated rings. The van der Waals surface area contributed by atoms with Crippen molar-refractivity contribution in [3.05, 3.63) is 64.1 Å². The Morgan fingerprint density at radius 1 is 1.18 bits per heavy atom. The quantitative estimate of drug-likeness (QED) is 0.596. The highest BCUT2D eigenvalue weighted by atomic mass is 16.5. The van der Waals surface area contributed by atoms with E-state index in [1.807, 2.05) is 22.8 Å². The third-order valence-electron chi connectivity index (χ3n) is 6.14. The topological polar surface area (TPSA) is 111 Å². The zero-order chi connectivity index (χ0) is 24.8. The fourth-order valence-corrected chi connectivity index (χ4v) is 4.45. The number of carbonyl (C=O) groups is 2. The number of pyridine rings is 2. The van der Waals surface area contributed by atoms with Crippen molar-refractivity contribution in [1.29, 1.82) is 0 Å². The van der Waals surface area contributed by atoms with Gasteiger partial charge in [-0.1, -0.05) is 20.8 Å². The Morgan fingerprint density at radius 2 is 1.91 bits per heavy atom. The maximum atomic E-state index is 12.6. The lowest BCUT2D eigenvalue weighted by atomic mass is 9.78. The molecule has 3 aromatic rings.